The van der Waals surface area contributed by atoms with E-state index in [1.165, 1.54) is 12.8 Å². The maximum Gasteiger partial charge on any atom is 0.339 e. The number of carbonyl (C=O) groups is 2. The maximum absolute atomic E-state index is 12.8. The predicted octanol–water partition coefficient (Wildman–Crippen LogP) is 7.75. The molecule has 224 valence electrons. The van der Waals surface area contributed by atoms with Crippen LogP contribution >= 0.6 is 0 Å². The Morgan fingerprint density at radius 3 is 2.54 bits per heavy atom. The number of hydrogen-bond acceptors (Lipinski definition) is 5. The minimum atomic E-state index is -0.428. The largest absolute Gasteiger partial charge is 0.454 e. The SMILES string of the molecule is Cc1cccc(C)c1C(=O)OCC(=O)CC[C@@H](C)[C@H]1CC[C@H]2[C@@H]3CC[C@@H]4CC(N=[N+]=[N-])CC[C@]4(C)[C@H]3C[C@H](O)[C@]12C. The molecular formula is C34H49N3O4. The van der Waals surface area contributed by atoms with Gasteiger partial charge in [-0.3, -0.25) is 4.79 Å². The van der Waals surface area contributed by atoms with Crippen molar-refractivity contribution >= 4 is 11.8 Å². The van der Waals surface area contributed by atoms with Gasteiger partial charge in [-0.25, -0.2) is 4.79 Å². The van der Waals surface area contributed by atoms with Gasteiger partial charge in [0.25, 0.3) is 0 Å². The summed E-state index contributed by atoms with van der Waals surface area (Å²) in [6, 6.07) is 5.80. The van der Waals surface area contributed by atoms with Crippen LogP contribution in [0.4, 0.5) is 0 Å². The summed E-state index contributed by atoms with van der Waals surface area (Å²) in [6.07, 6.45) is 9.43. The summed E-state index contributed by atoms with van der Waals surface area (Å²) in [5.41, 5.74) is 11.3. The number of benzene rings is 1. The first-order chi connectivity index (χ1) is 19.5. The molecular weight excluding hydrogens is 514 g/mol. The van der Waals surface area contributed by atoms with Crippen molar-refractivity contribution in [3.63, 3.8) is 0 Å². The molecule has 4 aliphatic rings. The van der Waals surface area contributed by atoms with Crippen molar-refractivity contribution in [3.05, 3.63) is 45.3 Å². The molecule has 10 atom stereocenters. The number of esters is 1. The van der Waals surface area contributed by atoms with Crippen LogP contribution in [0, 0.1) is 60.2 Å². The number of aryl methyl sites for hydroxylation is 2. The molecule has 1 N–H and O–H groups in total. The minimum absolute atomic E-state index is 0.0389. The maximum atomic E-state index is 12.8. The van der Waals surface area contributed by atoms with Crippen molar-refractivity contribution in [2.75, 3.05) is 6.61 Å². The molecule has 5 rings (SSSR count). The Balaban J connectivity index is 1.19. The van der Waals surface area contributed by atoms with E-state index in [9.17, 15) is 14.7 Å². The normalized spacial score (nSPS) is 38.5. The van der Waals surface area contributed by atoms with Gasteiger partial charge in [-0.1, -0.05) is 44.1 Å². The average Bonchev–Trinajstić information content (AvgIpc) is 3.30. The summed E-state index contributed by atoms with van der Waals surface area (Å²) < 4.78 is 5.41. The number of ketones is 1. The number of azide groups is 1. The second kappa shape index (κ2) is 11.7. The third kappa shape index (κ3) is 5.33. The van der Waals surface area contributed by atoms with E-state index in [1.54, 1.807) is 0 Å². The van der Waals surface area contributed by atoms with E-state index in [-0.39, 0.29) is 35.4 Å². The Labute approximate surface area is 245 Å². The van der Waals surface area contributed by atoms with Crippen molar-refractivity contribution < 1.29 is 19.4 Å². The highest BCUT2D eigenvalue weighted by Crippen LogP contribution is 2.68. The van der Waals surface area contributed by atoms with E-state index in [1.807, 2.05) is 32.0 Å². The molecule has 0 aliphatic heterocycles. The van der Waals surface area contributed by atoms with Crippen LogP contribution in [0.15, 0.2) is 23.3 Å². The number of nitrogens with zero attached hydrogens (tertiary/aromatic N) is 3. The fourth-order valence-corrected chi connectivity index (χ4v) is 10.4. The molecule has 7 heteroatoms. The molecule has 4 aliphatic carbocycles. The van der Waals surface area contributed by atoms with Crippen LogP contribution in [-0.4, -0.2) is 35.6 Å². The van der Waals surface area contributed by atoms with Gasteiger partial charge in [-0.2, -0.15) is 0 Å². The quantitative estimate of drug-likeness (QED) is 0.151. The molecule has 1 aromatic carbocycles. The molecule has 41 heavy (non-hydrogen) atoms. The van der Waals surface area contributed by atoms with Gasteiger partial charge in [0.2, 0.25) is 0 Å². The Hall–Kier alpha value is -2.37. The molecule has 4 saturated carbocycles. The molecule has 0 aromatic heterocycles. The van der Waals surface area contributed by atoms with Crippen molar-refractivity contribution in [3.8, 4) is 0 Å². The molecule has 4 fully saturated rings. The number of carbonyl (C=O) groups excluding carboxylic acids is 2. The van der Waals surface area contributed by atoms with Crippen LogP contribution in [0.1, 0.15) is 106 Å². The van der Waals surface area contributed by atoms with Gasteiger partial charge in [0.1, 0.15) is 6.61 Å². The molecule has 1 unspecified atom stereocenters. The van der Waals surface area contributed by atoms with Crippen LogP contribution in [0.25, 0.3) is 10.4 Å². The minimum Gasteiger partial charge on any atom is -0.454 e. The lowest BCUT2D eigenvalue weighted by atomic mass is 9.43. The van der Waals surface area contributed by atoms with E-state index < -0.39 is 5.97 Å². The Morgan fingerprint density at radius 2 is 1.83 bits per heavy atom. The van der Waals surface area contributed by atoms with Gasteiger partial charge >= 0.3 is 5.97 Å². The third-order valence-corrected chi connectivity index (χ3v) is 12.6. The summed E-state index contributed by atoms with van der Waals surface area (Å²) in [4.78, 5) is 28.5. The lowest BCUT2D eigenvalue weighted by Gasteiger charge is -2.62. The highest BCUT2D eigenvalue weighted by Gasteiger charge is 2.63. The number of fused-ring (bicyclic) bond motifs is 5. The molecule has 1 aromatic rings. The van der Waals surface area contributed by atoms with Gasteiger partial charge in [-0.05, 0) is 135 Å². The second-order valence-electron chi connectivity index (χ2n) is 14.5. The smallest absolute Gasteiger partial charge is 0.339 e. The Bertz CT molecular complexity index is 1190. The summed E-state index contributed by atoms with van der Waals surface area (Å²) in [5.74, 6) is 2.51. The Kier molecular flexibility index (Phi) is 8.61. The molecule has 0 spiro atoms. The number of aliphatic hydroxyl groups excluding tert-OH is 1. The highest BCUT2D eigenvalue weighted by atomic mass is 16.5. The van der Waals surface area contributed by atoms with Crippen LogP contribution < -0.4 is 0 Å². The van der Waals surface area contributed by atoms with E-state index in [2.05, 4.69) is 30.8 Å². The monoisotopic (exact) mass is 563 g/mol. The molecule has 0 bridgehead atoms. The first-order valence-electron chi connectivity index (χ1n) is 16.0. The summed E-state index contributed by atoms with van der Waals surface area (Å²) >= 11 is 0. The van der Waals surface area contributed by atoms with Crippen molar-refractivity contribution in [1.82, 2.24) is 0 Å². The summed E-state index contributed by atoms with van der Waals surface area (Å²) in [7, 11) is 0. The standard InChI is InChI=1S/C34H49N3O4/c1-20(9-11-25(38)19-41-32(40)31-21(2)7-6-8-22(31)3)27-13-14-28-26-12-10-23-17-24(36-37-35)15-16-33(23,4)29(26)18-30(39)34(27,28)5/h6-8,20,23-24,26-30,39H,9-19H2,1-5H3/t20-,23-,24?,26+,27-,28+,29+,30+,33+,34-/m1/s1. The number of aliphatic hydroxyl groups is 1. The van der Waals surface area contributed by atoms with E-state index in [4.69, 9.17) is 10.3 Å². The van der Waals surface area contributed by atoms with Crippen LogP contribution in [-0.2, 0) is 9.53 Å². The first-order valence-corrected chi connectivity index (χ1v) is 16.0. The van der Waals surface area contributed by atoms with Crippen LogP contribution in [0.5, 0.6) is 0 Å². The molecule has 0 heterocycles. The van der Waals surface area contributed by atoms with Gasteiger partial charge in [0.15, 0.2) is 5.78 Å². The van der Waals surface area contributed by atoms with E-state index in [0.29, 0.717) is 47.5 Å². The number of ether oxygens (including phenoxy) is 1. The van der Waals surface area contributed by atoms with E-state index in [0.717, 1.165) is 56.1 Å². The van der Waals surface area contributed by atoms with Crippen molar-refractivity contribution in [2.45, 2.75) is 111 Å². The average molecular weight is 564 g/mol. The fraction of sp³-hybridized carbons (Fsp3) is 0.765. The summed E-state index contributed by atoms with van der Waals surface area (Å²) in [5, 5.41) is 15.9. The molecule has 7 nitrogen and oxygen atoms in total. The van der Waals surface area contributed by atoms with Crippen LogP contribution in [0.3, 0.4) is 0 Å². The lowest BCUT2D eigenvalue weighted by Crippen LogP contribution is -2.58. The summed E-state index contributed by atoms with van der Waals surface area (Å²) in [6.45, 7) is 10.6. The molecule has 0 saturated heterocycles. The van der Waals surface area contributed by atoms with Gasteiger partial charge in [0.05, 0.1) is 11.7 Å². The highest BCUT2D eigenvalue weighted by molar-refractivity contribution is 5.94. The van der Waals surface area contributed by atoms with Gasteiger partial charge in [-0.15, -0.1) is 0 Å². The van der Waals surface area contributed by atoms with Crippen molar-refractivity contribution in [1.29, 1.82) is 0 Å². The lowest BCUT2D eigenvalue weighted by molar-refractivity contribution is -0.169. The topological polar surface area (TPSA) is 112 Å². The zero-order valence-electron chi connectivity index (χ0n) is 25.6. The zero-order chi connectivity index (χ0) is 29.5. The third-order valence-electron chi connectivity index (χ3n) is 12.6. The Morgan fingerprint density at radius 1 is 1.10 bits per heavy atom. The van der Waals surface area contributed by atoms with Gasteiger partial charge in [0, 0.05) is 17.4 Å². The van der Waals surface area contributed by atoms with E-state index >= 15 is 0 Å². The van der Waals surface area contributed by atoms with Crippen LogP contribution in [0.2, 0.25) is 0 Å². The number of Topliss-reactive ketones (excluding diaryl/α,β-unsaturated/α-hetero) is 1. The molecule has 0 radical (unpaired) electrons. The van der Waals surface area contributed by atoms with Crippen molar-refractivity contribution in [2.24, 2.45) is 51.5 Å². The first kappa shape index (κ1) is 30.1. The predicted molar refractivity (Wildman–Crippen MR) is 159 cm³/mol. The fourth-order valence-electron chi connectivity index (χ4n) is 10.4. The second-order valence-corrected chi connectivity index (χ2v) is 14.5. The number of rotatable bonds is 8. The molecule has 0 amide bonds. The number of hydrogen-bond donors (Lipinski definition) is 1. The van der Waals surface area contributed by atoms with Gasteiger partial charge < -0.3 is 9.84 Å². The zero-order valence-corrected chi connectivity index (χ0v) is 25.6.